The second kappa shape index (κ2) is 6.24. The summed E-state index contributed by atoms with van der Waals surface area (Å²) in [5.74, 6) is 0. The van der Waals surface area contributed by atoms with Crippen molar-refractivity contribution in [2.24, 2.45) is 10.3 Å². The maximum atomic E-state index is 11.6. The predicted molar refractivity (Wildman–Crippen MR) is 93.4 cm³/mol. The minimum atomic E-state index is -4.00. The van der Waals surface area contributed by atoms with Gasteiger partial charge in [0.15, 0.2) is 0 Å². The summed E-state index contributed by atoms with van der Waals surface area (Å²) in [5.41, 5.74) is 12.1. The van der Waals surface area contributed by atoms with E-state index in [4.69, 9.17) is 21.7 Å². The highest BCUT2D eigenvalue weighted by Gasteiger charge is 2.15. The highest BCUT2D eigenvalue weighted by molar-refractivity contribution is 7.89. The van der Waals surface area contributed by atoms with Crippen molar-refractivity contribution in [3.63, 3.8) is 0 Å². The fourth-order valence-corrected chi connectivity index (χ4v) is 3.58. The molecule has 0 fully saturated rings. The molecular weight excluding hydrogens is 352 g/mol. The lowest BCUT2D eigenvalue weighted by Crippen LogP contribution is -2.14. The fraction of sp³-hybridized carbons (Fsp3) is 0. The van der Waals surface area contributed by atoms with E-state index < -0.39 is 20.0 Å². The largest absolute Gasteiger partial charge is 0.399 e. The number of sulfonamides is 2. The van der Waals surface area contributed by atoms with Crippen molar-refractivity contribution >= 4 is 43.6 Å². The summed E-state index contributed by atoms with van der Waals surface area (Å²) >= 11 is 0. The number of nitrogens with two attached hydrogens (primary N) is 4. The molecule has 0 amide bonds. The molecule has 0 saturated heterocycles. The standard InChI is InChI=1S/C14H16N4O4S2/c15-11-5-3-9(13(7-11)23(17,19)20)1-2-10-4-6-12(16)8-14(10)24(18,21)22/h1-8H,15-16H2,(H2,17,19,20)(H2,18,21,22). The molecule has 0 spiro atoms. The van der Waals surface area contributed by atoms with Crippen LogP contribution >= 0.6 is 0 Å². The SMILES string of the molecule is Nc1ccc(C=Cc2ccc(N)cc2S(N)(=O)=O)c(S(N)(=O)=O)c1. The Morgan fingerprint density at radius 2 is 1.00 bits per heavy atom. The lowest BCUT2D eigenvalue weighted by Gasteiger charge is -2.07. The quantitative estimate of drug-likeness (QED) is 0.446. The first-order chi connectivity index (χ1) is 11.0. The summed E-state index contributed by atoms with van der Waals surface area (Å²) in [4.78, 5) is -0.349. The van der Waals surface area contributed by atoms with Gasteiger partial charge in [-0.1, -0.05) is 24.3 Å². The van der Waals surface area contributed by atoms with Crippen LogP contribution < -0.4 is 21.7 Å². The van der Waals surface area contributed by atoms with Crippen molar-refractivity contribution in [3.05, 3.63) is 47.5 Å². The van der Waals surface area contributed by atoms with E-state index in [1.54, 1.807) is 0 Å². The molecule has 0 bridgehead atoms. The van der Waals surface area contributed by atoms with Gasteiger partial charge < -0.3 is 11.5 Å². The van der Waals surface area contributed by atoms with Gasteiger partial charge in [0.1, 0.15) is 0 Å². The Labute approximate surface area is 139 Å². The molecule has 0 saturated carbocycles. The van der Waals surface area contributed by atoms with Crippen LogP contribution in [0.25, 0.3) is 12.2 Å². The summed E-state index contributed by atoms with van der Waals surface area (Å²) in [5, 5.41) is 10.3. The van der Waals surface area contributed by atoms with Crippen LogP contribution in [0.3, 0.4) is 0 Å². The van der Waals surface area contributed by atoms with Crippen LogP contribution in [0.5, 0.6) is 0 Å². The van der Waals surface area contributed by atoms with Crippen molar-refractivity contribution < 1.29 is 16.8 Å². The van der Waals surface area contributed by atoms with Gasteiger partial charge in [-0.05, 0) is 35.4 Å². The topological polar surface area (TPSA) is 172 Å². The molecule has 0 aliphatic carbocycles. The van der Waals surface area contributed by atoms with E-state index in [1.807, 2.05) is 0 Å². The van der Waals surface area contributed by atoms with Gasteiger partial charge in [0.25, 0.3) is 0 Å². The zero-order valence-electron chi connectivity index (χ0n) is 12.4. The van der Waals surface area contributed by atoms with Gasteiger partial charge in [0.2, 0.25) is 20.0 Å². The predicted octanol–water partition coefficient (Wildman–Crippen LogP) is 0.316. The first kappa shape index (κ1) is 17.9. The normalized spacial score (nSPS) is 12.6. The van der Waals surface area contributed by atoms with E-state index in [2.05, 4.69) is 0 Å². The van der Waals surface area contributed by atoms with Gasteiger partial charge in [0.05, 0.1) is 9.79 Å². The van der Waals surface area contributed by atoms with Crippen LogP contribution in [0.15, 0.2) is 46.2 Å². The molecule has 2 aromatic carbocycles. The monoisotopic (exact) mass is 368 g/mol. The third-order valence-electron chi connectivity index (χ3n) is 3.13. The van der Waals surface area contributed by atoms with E-state index in [9.17, 15) is 16.8 Å². The second-order valence-corrected chi connectivity index (χ2v) is 8.08. The van der Waals surface area contributed by atoms with Crippen LogP contribution in [-0.4, -0.2) is 16.8 Å². The molecule has 10 heteroatoms. The Morgan fingerprint density at radius 1 is 0.667 bits per heavy atom. The summed E-state index contributed by atoms with van der Waals surface area (Å²) in [6.45, 7) is 0. The highest BCUT2D eigenvalue weighted by Crippen LogP contribution is 2.23. The maximum absolute atomic E-state index is 11.6. The minimum absolute atomic E-state index is 0.175. The fourth-order valence-electron chi connectivity index (χ4n) is 2.05. The number of hydrogen-bond acceptors (Lipinski definition) is 6. The van der Waals surface area contributed by atoms with Crippen molar-refractivity contribution in [1.82, 2.24) is 0 Å². The molecule has 0 unspecified atom stereocenters. The molecule has 0 radical (unpaired) electrons. The lowest BCUT2D eigenvalue weighted by atomic mass is 10.1. The number of nitrogen functional groups attached to an aromatic ring is 2. The minimum Gasteiger partial charge on any atom is -0.399 e. The molecule has 0 heterocycles. The molecule has 0 atom stereocenters. The molecule has 24 heavy (non-hydrogen) atoms. The number of hydrogen-bond donors (Lipinski definition) is 4. The second-order valence-electron chi connectivity index (χ2n) is 5.02. The summed E-state index contributed by atoms with van der Waals surface area (Å²) in [6.07, 6.45) is 2.80. The summed E-state index contributed by atoms with van der Waals surface area (Å²) in [6, 6.07) is 8.35. The molecule has 2 rings (SSSR count). The van der Waals surface area contributed by atoms with E-state index in [0.717, 1.165) is 0 Å². The third kappa shape index (κ3) is 4.11. The Kier molecular flexibility index (Phi) is 4.67. The third-order valence-corrected chi connectivity index (χ3v) is 5.06. The molecule has 8 N–H and O–H groups in total. The zero-order chi connectivity index (χ0) is 18.1. The van der Waals surface area contributed by atoms with E-state index >= 15 is 0 Å². The molecule has 0 aromatic heterocycles. The van der Waals surface area contributed by atoms with Crippen molar-refractivity contribution in [2.45, 2.75) is 9.79 Å². The molecule has 2 aromatic rings. The van der Waals surface area contributed by atoms with Gasteiger partial charge in [0, 0.05) is 11.4 Å². The van der Waals surface area contributed by atoms with Gasteiger partial charge in [-0.2, -0.15) is 0 Å². The van der Waals surface area contributed by atoms with Gasteiger partial charge in [-0.3, -0.25) is 0 Å². The molecule has 128 valence electrons. The highest BCUT2D eigenvalue weighted by atomic mass is 32.2. The Morgan fingerprint density at radius 3 is 1.29 bits per heavy atom. The molecule has 8 nitrogen and oxygen atoms in total. The molecule has 0 aliphatic heterocycles. The first-order valence-corrected chi connectivity index (χ1v) is 9.60. The Hall–Kier alpha value is -2.40. The van der Waals surface area contributed by atoms with Gasteiger partial charge in [-0.15, -0.1) is 0 Å². The van der Waals surface area contributed by atoms with Gasteiger partial charge >= 0.3 is 0 Å². The number of primary sulfonamides is 2. The zero-order valence-corrected chi connectivity index (χ0v) is 14.0. The average molecular weight is 368 g/mol. The summed E-state index contributed by atoms with van der Waals surface area (Å²) in [7, 11) is -8.00. The van der Waals surface area contributed by atoms with Crippen molar-refractivity contribution in [1.29, 1.82) is 0 Å². The van der Waals surface area contributed by atoms with Crippen LogP contribution in [0.2, 0.25) is 0 Å². The first-order valence-electron chi connectivity index (χ1n) is 6.51. The number of anilines is 2. The van der Waals surface area contributed by atoms with E-state index in [0.29, 0.717) is 0 Å². The number of benzene rings is 2. The average Bonchev–Trinajstić information content (AvgIpc) is 2.45. The van der Waals surface area contributed by atoms with E-state index in [-0.39, 0.29) is 32.3 Å². The smallest absolute Gasteiger partial charge is 0.238 e. The Bertz CT molecular complexity index is 945. The van der Waals surface area contributed by atoms with Crippen molar-refractivity contribution in [3.8, 4) is 0 Å². The molecular formula is C14H16N4O4S2. The van der Waals surface area contributed by atoms with Crippen molar-refractivity contribution in [2.75, 3.05) is 11.5 Å². The van der Waals surface area contributed by atoms with Crippen LogP contribution in [0.4, 0.5) is 11.4 Å². The van der Waals surface area contributed by atoms with Crippen LogP contribution in [0, 0.1) is 0 Å². The summed E-state index contributed by atoms with van der Waals surface area (Å²) < 4.78 is 46.6. The van der Waals surface area contributed by atoms with Gasteiger partial charge in [-0.25, -0.2) is 27.1 Å². The lowest BCUT2D eigenvalue weighted by molar-refractivity contribution is 0.595. The maximum Gasteiger partial charge on any atom is 0.238 e. The van der Waals surface area contributed by atoms with Crippen LogP contribution in [-0.2, 0) is 20.0 Å². The van der Waals surface area contributed by atoms with Crippen LogP contribution in [0.1, 0.15) is 11.1 Å². The molecule has 0 aliphatic rings. The van der Waals surface area contributed by atoms with E-state index in [1.165, 1.54) is 48.6 Å². The number of rotatable bonds is 4. The Balaban J connectivity index is 2.59.